The summed E-state index contributed by atoms with van der Waals surface area (Å²) >= 11 is 0. The van der Waals surface area contributed by atoms with Gasteiger partial charge >= 0.3 is 0 Å². The molecule has 2 aromatic rings. The van der Waals surface area contributed by atoms with E-state index in [0.717, 1.165) is 42.4 Å². The summed E-state index contributed by atoms with van der Waals surface area (Å²) in [5.74, 6) is -0.0239. The zero-order valence-corrected chi connectivity index (χ0v) is 17.6. The zero-order chi connectivity index (χ0) is 20.6. The van der Waals surface area contributed by atoms with Crippen molar-refractivity contribution in [3.8, 4) is 0 Å². The van der Waals surface area contributed by atoms with Crippen LogP contribution in [0.15, 0.2) is 54.6 Å². The van der Waals surface area contributed by atoms with Gasteiger partial charge in [-0.3, -0.25) is 9.59 Å². The molecule has 0 spiro atoms. The average Bonchev–Trinajstić information content (AvgIpc) is 3.24. The number of amides is 2. The van der Waals surface area contributed by atoms with Crippen LogP contribution in [0.3, 0.4) is 0 Å². The van der Waals surface area contributed by atoms with Gasteiger partial charge in [0.25, 0.3) is 0 Å². The van der Waals surface area contributed by atoms with Crippen molar-refractivity contribution in [2.45, 2.75) is 71.0 Å². The molecule has 4 nitrogen and oxygen atoms in total. The van der Waals surface area contributed by atoms with Crippen molar-refractivity contribution in [1.82, 2.24) is 10.2 Å². The Morgan fingerprint density at radius 2 is 1.72 bits per heavy atom. The molecular formula is C25H32N2O2. The number of nitrogens with zero attached hydrogens (tertiary/aromatic N) is 1. The molecule has 2 aromatic carbocycles. The van der Waals surface area contributed by atoms with Crippen LogP contribution in [0.2, 0.25) is 0 Å². The summed E-state index contributed by atoms with van der Waals surface area (Å²) in [6.45, 7) is 4.35. The van der Waals surface area contributed by atoms with Crippen molar-refractivity contribution in [1.29, 1.82) is 0 Å². The van der Waals surface area contributed by atoms with Crippen LogP contribution in [0, 0.1) is 6.92 Å². The molecule has 3 rings (SSSR count). The van der Waals surface area contributed by atoms with Gasteiger partial charge in [-0.15, -0.1) is 0 Å². The molecule has 29 heavy (non-hydrogen) atoms. The predicted molar refractivity (Wildman–Crippen MR) is 116 cm³/mol. The van der Waals surface area contributed by atoms with Crippen LogP contribution in [0.4, 0.5) is 0 Å². The smallest absolute Gasteiger partial charge is 0.243 e. The van der Waals surface area contributed by atoms with E-state index in [0.29, 0.717) is 19.4 Å². The molecule has 0 heterocycles. The number of hydrogen-bond acceptors (Lipinski definition) is 2. The van der Waals surface area contributed by atoms with Gasteiger partial charge in [0.2, 0.25) is 11.8 Å². The Labute approximate surface area is 174 Å². The molecule has 1 N–H and O–H groups in total. The second kappa shape index (κ2) is 10.2. The van der Waals surface area contributed by atoms with Crippen LogP contribution in [0.5, 0.6) is 0 Å². The molecule has 154 valence electrons. The first-order valence-electron chi connectivity index (χ1n) is 10.8. The molecular weight excluding hydrogens is 360 g/mol. The largest absolute Gasteiger partial charge is 0.352 e. The monoisotopic (exact) mass is 392 g/mol. The number of nitrogens with one attached hydrogen (secondary N) is 1. The molecule has 0 radical (unpaired) electrons. The topological polar surface area (TPSA) is 49.4 Å². The molecule has 1 unspecified atom stereocenters. The lowest BCUT2D eigenvalue weighted by molar-refractivity contribution is -0.141. The maximum atomic E-state index is 13.3. The van der Waals surface area contributed by atoms with Crippen LogP contribution < -0.4 is 5.32 Å². The first kappa shape index (κ1) is 21.1. The number of rotatable bonds is 8. The minimum Gasteiger partial charge on any atom is -0.352 e. The highest BCUT2D eigenvalue weighted by atomic mass is 16.2. The number of benzene rings is 2. The third-order valence-corrected chi connectivity index (χ3v) is 5.71. The van der Waals surface area contributed by atoms with Crippen LogP contribution in [-0.4, -0.2) is 28.8 Å². The Balaban J connectivity index is 1.87. The van der Waals surface area contributed by atoms with E-state index in [1.807, 2.05) is 62.4 Å². The molecule has 2 amide bonds. The summed E-state index contributed by atoms with van der Waals surface area (Å²) in [7, 11) is 0. The molecule has 1 saturated carbocycles. The van der Waals surface area contributed by atoms with E-state index in [2.05, 4.69) is 11.4 Å². The van der Waals surface area contributed by atoms with Crippen molar-refractivity contribution in [3.63, 3.8) is 0 Å². The van der Waals surface area contributed by atoms with Crippen molar-refractivity contribution in [2.75, 3.05) is 0 Å². The molecule has 4 heteroatoms. The molecule has 1 atom stereocenters. The Bertz CT molecular complexity index is 813. The predicted octanol–water partition coefficient (Wildman–Crippen LogP) is 4.40. The van der Waals surface area contributed by atoms with Crippen LogP contribution in [0.1, 0.15) is 55.7 Å². The molecule has 0 bridgehead atoms. The van der Waals surface area contributed by atoms with E-state index in [1.165, 1.54) is 0 Å². The Kier molecular flexibility index (Phi) is 7.45. The maximum Gasteiger partial charge on any atom is 0.243 e. The zero-order valence-electron chi connectivity index (χ0n) is 17.6. The van der Waals surface area contributed by atoms with Gasteiger partial charge in [-0.1, -0.05) is 79.9 Å². The third-order valence-electron chi connectivity index (χ3n) is 5.71. The number of carbonyl (C=O) groups is 2. The standard InChI is InChI=1S/C25H32N2O2/c1-3-24(28)27(18-21-13-9-10-19(2)16-21)23(17-20-11-5-4-6-12-20)25(29)26-22-14-7-8-15-22/h4-6,9-13,16,22-23H,3,7-8,14-15,17-18H2,1-2H3,(H,26,29). The summed E-state index contributed by atoms with van der Waals surface area (Å²) in [6.07, 6.45) is 5.29. The number of carbonyl (C=O) groups excluding carboxylic acids is 2. The number of hydrogen-bond donors (Lipinski definition) is 1. The van der Waals surface area contributed by atoms with Gasteiger partial charge in [0.05, 0.1) is 0 Å². The third kappa shape index (κ3) is 5.93. The maximum absolute atomic E-state index is 13.3. The fraction of sp³-hybridized carbons (Fsp3) is 0.440. The summed E-state index contributed by atoms with van der Waals surface area (Å²) in [6, 6.07) is 17.9. The second-order valence-corrected chi connectivity index (χ2v) is 8.06. The summed E-state index contributed by atoms with van der Waals surface area (Å²) in [5.41, 5.74) is 3.28. The van der Waals surface area contributed by atoms with E-state index in [-0.39, 0.29) is 17.9 Å². The van der Waals surface area contributed by atoms with Crippen molar-refractivity contribution < 1.29 is 9.59 Å². The molecule has 1 fully saturated rings. The van der Waals surface area contributed by atoms with Gasteiger partial charge in [0.15, 0.2) is 0 Å². The lowest BCUT2D eigenvalue weighted by Crippen LogP contribution is -2.52. The van der Waals surface area contributed by atoms with E-state index in [9.17, 15) is 9.59 Å². The van der Waals surface area contributed by atoms with Crippen LogP contribution >= 0.6 is 0 Å². The minimum atomic E-state index is -0.508. The summed E-state index contributed by atoms with van der Waals surface area (Å²) in [5, 5.41) is 3.22. The lowest BCUT2D eigenvalue weighted by Gasteiger charge is -2.32. The molecule has 1 aliphatic rings. The first-order chi connectivity index (χ1) is 14.1. The highest BCUT2D eigenvalue weighted by Crippen LogP contribution is 2.20. The minimum absolute atomic E-state index is 0.00834. The molecule has 0 aliphatic heterocycles. The van der Waals surface area contributed by atoms with E-state index >= 15 is 0 Å². The van der Waals surface area contributed by atoms with E-state index < -0.39 is 6.04 Å². The van der Waals surface area contributed by atoms with Crippen molar-refractivity contribution in [3.05, 3.63) is 71.3 Å². The van der Waals surface area contributed by atoms with Gasteiger partial charge in [-0.05, 0) is 30.9 Å². The van der Waals surface area contributed by atoms with Gasteiger partial charge in [0, 0.05) is 25.4 Å². The highest BCUT2D eigenvalue weighted by molar-refractivity contribution is 5.88. The second-order valence-electron chi connectivity index (χ2n) is 8.06. The quantitative estimate of drug-likeness (QED) is 0.724. The lowest BCUT2D eigenvalue weighted by atomic mass is 10.0. The fourth-order valence-electron chi connectivity index (χ4n) is 4.13. The first-order valence-corrected chi connectivity index (χ1v) is 10.8. The van der Waals surface area contributed by atoms with Crippen LogP contribution in [0.25, 0.3) is 0 Å². The highest BCUT2D eigenvalue weighted by Gasteiger charge is 2.31. The SMILES string of the molecule is CCC(=O)N(Cc1cccc(C)c1)C(Cc1ccccc1)C(=O)NC1CCCC1. The van der Waals surface area contributed by atoms with E-state index in [1.54, 1.807) is 4.90 Å². The van der Waals surface area contributed by atoms with Gasteiger partial charge in [-0.25, -0.2) is 0 Å². The normalized spacial score (nSPS) is 15.1. The van der Waals surface area contributed by atoms with Gasteiger partial charge in [-0.2, -0.15) is 0 Å². The van der Waals surface area contributed by atoms with Gasteiger partial charge in [0.1, 0.15) is 6.04 Å². The average molecular weight is 393 g/mol. The molecule has 0 saturated heterocycles. The molecule has 1 aliphatic carbocycles. The summed E-state index contributed by atoms with van der Waals surface area (Å²) < 4.78 is 0. The van der Waals surface area contributed by atoms with Crippen molar-refractivity contribution in [2.24, 2.45) is 0 Å². The Morgan fingerprint density at radius 3 is 2.38 bits per heavy atom. The van der Waals surface area contributed by atoms with Crippen LogP contribution in [-0.2, 0) is 22.6 Å². The number of aryl methyl sites for hydroxylation is 1. The fourth-order valence-corrected chi connectivity index (χ4v) is 4.13. The summed E-state index contributed by atoms with van der Waals surface area (Å²) in [4.78, 5) is 28.0. The van der Waals surface area contributed by atoms with Gasteiger partial charge < -0.3 is 10.2 Å². The van der Waals surface area contributed by atoms with E-state index in [4.69, 9.17) is 0 Å². The Morgan fingerprint density at radius 1 is 1.03 bits per heavy atom. The Hall–Kier alpha value is -2.62. The van der Waals surface area contributed by atoms with Crippen molar-refractivity contribution >= 4 is 11.8 Å². The molecule has 0 aromatic heterocycles.